The van der Waals surface area contributed by atoms with Crippen LogP contribution < -0.4 is 0 Å². The molecule has 0 unspecified atom stereocenters. The topological polar surface area (TPSA) is 71.3 Å². The van der Waals surface area contributed by atoms with Gasteiger partial charge >= 0.3 is 0 Å². The van der Waals surface area contributed by atoms with Gasteiger partial charge in [0.1, 0.15) is 0 Å². The molecule has 0 aliphatic carbocycles. The lowest BCUT2D eigenvalue weighted by Gasteiger charge is -2.12. The average Bonchev–Trinajstić information content (AvgIpc) is 1.56. The van der Waals surface area contributed by atoms with E-state index in [2.05, 4.69) is 431 Å². The lowest BCUT2D eigenvalue weighted by atomic mass is 9.99. The molecule has 6 aromatic heterocycles. The van der Waals surface area contributed by atoms with Gasteiger partial charge in [-0.05, 0) is 190 Å². The van der Waals surface area contributed by atoms with Gasteiger partial charge in [-0.3, -0.25) is 0 Å². The molecule has 580 valence electrons. The van der Waals surface area contributed by atoms with Gasteiger partial charge in [0, 0.05) is 99.2 Å². The molecule has 0 bridgehead atoms. The first-order valence-corrected chi connectivity index (χ1v) is 42.1. The van der Waals surface area contributed by atoms with Gasteiger partial charge in [-0.25, -0.2) is 19.9 Å². The summed E-state index contributed by atoms with van der Waals surface area (Å²) in [6.45, 7) is 0. The zero-order valence-corrected chi connectivity index (χ0v) is 67.5. The Morgan fingerprint density at radius 3 is 0.677 bits per heavy atom. The minimum absolute atomic E-state index is 0.702. The number of fused-ring (bicyclic) bond motifs is 12. The summed E-state index contributed by atoms with van der Waals surface area (Å²) in [6, 6.07) is 165. The second kappa shape index (κ2) is 30.9. The second-order valence-corrected chi connectivity index (χ2v) is 31.7. The Morgan fingerprint density at radius 2 is 0.339 bits per heavy atom. The van der Waals surface area contributed by atoms with Gasteiger partial charge in [-0.15, -0.1) is 0 Å². The van der Waals surface area contributed by atoms with Crippen LogP contribution in [0, 0.1) is 0 Å². The maximum atomic E-state index is 5.17. The Morgan fingerprint density at radius 1 is 0.121 bits per heavy atom. The van der Waals surface area contributed by atoms with E-state index in [1.165, 1.54) is 110 Å². The normalized spacial score (nSPS) is 11.5. The fourth-order valence-electron chi connectivity index (χ4n) is 18.3. The number of para-hydroxylation sites is 4. The number of hydrogen-bond acceptors (Lipinski definition) is 4. The molecule has 0 aliphatic rings. The minimum atomic E-state index is 0.702. The van der Waals surface area contributed by atoms with Gasteiger partial charge < -0.3 is 18.3 Å². The third-order valence-electron chi connectivity index (χ3n) is 24.3. The van der Waals surface area contributed by atoms with Crippen LogP contribution in [0.3, 0.4) is 0 Å². The zero-order chi connectivity index (χ0) is 82.0. The van der Waals surface area contributed by atoms with E-state index < -0.39 is 0 Å². The molecule has 124 heavy (non-hydrogen) atoms. The summed E-state index contributed by atoms with van der Waals surface area (Å²) >= 11 is 0. The van der Waals surface area contributed by atoms with Crippen LogP contribution in [0.25, 0.3) is 222 Å². The molecule has 24 rings (SSSR count). The van der Waals surface area contributed by atoms with Crippen molar-refractivity contribution in [2.45, 2.75) is 0 Å². The molecular weight excluding hydrogens is 1510 g/mol. The van der Waals surface area contributed by atoms with Gasteiger partial charge in [-0.2, -0.15) is 0 Å². The predicted octanol–water partition coefficient (Wildman–Crippen LogP) is 30.0. The molecule has 0 amide bonds. The highest BCUT2D eigenvalue weighted by Gasteiger charge is 2.23. The number of hydrogen-bond donors (Lipinski definition) is 0. The molecule has 0 N–H and O–H groups in total. The smallest absolute Gasteiger partial charge is 0.160 e. The van der Waals surface area contributed by atoms with Crippen molar-refractivity contribution in [1.29, 1.82) is 0 Å². The van der Waals surface area contributed by atoms with Crippen LogP contribution in [-0.4, -0.2) is 38.2 Å². The molecule has 0 atom stereocenters. The van der Waals surface area contributed by atoms with Crippen LogP contribution in [-0.2, 0) is 0 Å². The van der Waals surface area contributed by atoms with Crippen molar-refractivity contribution in [1.82, 2.24) is 38.2 Å². The molecule has 0 saturated heterocycles. The molecule has 0 spiro atoms. The van der Waals surface area contributed by atoms with Crippen molar-refractivity contribution in [3.8, 4) is 135 Å². The Balaban J connectivity index is 0.000000143. The molecule has 18 aromatic carbocycles. The molecule has 0 saturated carbocycles. The van der Waals surface area contributed by atoms with Crippen LogP contribution in [0.15, 0.2) is 461 Å². The zero-order valence-electron chi connectivity index (χ0n) is 67.5. The quantitative estimate of drug-likeness (QED) is 0.109. The van der Waals surface area contributed by atoms with Crippen molar-refractivity contribution in [3.63, 3.8) is 0 Å². The summed E-state index contributed by atoms with van der Waals surface area (Å²) < 4.78 is 9.54. The van der Waals surface area contributed by atoms with E-state index in [1.54, 1.807) is 0 Å². The van der Waals surface area contributed by atoms with Crippen molar-refractivity contribution in [2.24, 2.45) is 0 Å². The number of rotatable bonds is 14. The summed E-state index contributed by atoms with van der Waals surface area (Å²) in [5, 5.41) is 9.80. The van der Waals surface area contributed by atoms with Crippen molar-refractivity contribution >= 4 is 87.2 Å². The number of nitrogens with zero attached hydrogens (tertiary/aromatic N) is 8. The first-order chi connectivity index (χ1) is 61.5. The lowest BCUT2D eigenvalue weighted by Crippen LogP contribution is -1.98. The minimum Gasteiger partial charge on any atom is -0.309 e. The molecule has 6 heterocycles. The van der Waals surface area contributed by atoms with Gasteiger partial charge in [0.05, 0.1) is 66.9 Å². The Labute approximate surface area is 716 Å². The first-order valence-electron chi connectivity index (χ1n) is 42.1. The fraction of sp³-hybridized carbons (Fsp3) is 0. The highest BCUT2D eigenvalue weighted by Crippen LogP contribution is 2.44. The van der Waals surface area contributed by atoms with Crippen LogP contribution in [0.2, 0.25) is 0 Å². The fourth-order valence-corrected chi connectivity index (χ4v) is 18.3. The van der Waals surface area contributed by atoms with E-state index in [-0.39, 0.29) is 0 Å². The maximum Gasteiger partial charge on any atom is 0.160 e. The largest absolute Gasteiger partial charge is 0.309 e. The summed E-state index contributed by atoms with van der Waals surface area (Å²) in [4.78, 5) is 20.3. The summed E-state index contributed by atoms with van der Waals surface area (Å²) in [6.07, 6.45) is 0. The maximum absolute atomic E-state index is 5.17. The van der Waals surface area contributed by atoms with Gasteiger partial charge in [0.25, 0.3) is 0 Å². The lowest BCUT2D eigenvalue weighted by molar-refractivity contribution is 1.16. The van der Waals surface area contributed by atoms with Crippen LogP contribution >= 0.6 is 0 Å². The van der Waals surface area contributed by atoms with Gasteiger partial charge in [0.2, 0.25) is 0 Å². The van der Waals surface area contributed by atoms with E-state index in [0.29, 0.717) is 11.6 Å². The van der Waals surface area contributed by atoms with Crippen molar-refractivity contribution in [2.75, 3.05) is 0 Å². The third kappa shape index (κ3) is 13.1. The van der Waals surface area contributed by atoms with Crippen LogP contribution in [0.5, 0.6) is 0 Å². The SMILES string of the molecule is c1ccc(-c2ccc3c(c2)c2cc(-c4ccc5c(c4)c4ccccc4n5-c4ccccc4)ccc2n3-c2ccc(-c3cc(-c4ccccc4)nc(-c4ccccc4)n3)cc2)cc1.c1ccc(-c2ccc3c(c2)c2cc(-c4ccc5c(c4)c4ccccc4n5-c4ccccc4)ccc2n3-c2cccc(-c3cc(-c4ccccc4)nc(-c4ccccc4)n3)c2)cc1. The molecule has 8 heteroatoms. The monoisotopic (exact) mass is 1580 g/mol. The Hall–Kier alpha value is -16.7. The van der Waals surface area contributed by atoms with E-state index in [4.69, 9.17) is 19.9 Å². The molecule has 0 radical (unpaired) electrons. The predicted molar refractivity (Wildman–Crippen MR) is 516 cm³/mol. The third-order valence-corrected chi connectivity index (χ3v) is 24.3. The summed E-state index contributed by atoms with van der Waals surface area (Å²) in [7, 11) is 0. The van der Waals surface area contributed by atoms with Crippen molar-refractivity contribution in [3.05, 3.63) is 461 Å². The van der Waals surface area contributed by atoms with E-state index >= 15 is 0 Å². The Bertz CT molecular complexity index is 8050. The molecule has 8 nitrogen and oxygen atoms in total. The van der Waals surface area contributed by atoms with Crippen LogP contribution in [0.1, 0.15) is 0 Å². The molecule has 0 aliphatic heterocycles. The standard InChI is InChI=1S/2C58H38N4/c1-5-16-39(17-6-1)42-28-31-56-50(35-42)51-37-44(43-29-32-55-49(36-43)48-26-13-14-27-54(48)61(55)46-23-11-4-12-24-46)30-33-57(51)62(56)47-25-15-22-45(34-47)53-38-52(40-18-7-2-8-19-40)59-58(60-53)41-20-9-3-10-21-41;1-5-15-39(16-6-1)43-27-32-56-50(35-43)51-37-45(44-28-33-55-49(36-44)48-23-13-14-24-54(48)61(55)46-21-11-4-12-22-46)29-34-57(51)62(56)47-30-25-41(26-31-47)53-38-52(40-17-7-2-8-18-40)59-58(60-53)42-19-9-3-10-20-42/h2*1-38H. The number of aromatic nitrogens is 8. The van der Waals surface area contributed by atoms with Crippen LogP contribution in [0.4, 0.5) is 0 Å². The first kappa shape index (κ1) is 72.5. The van der Waals surface area contributed by atoms with E-state index in [0.717, 1.165) is 101 Å². The van der Waals surface area contributed by atoms with Gasteiger partial charge in [0.15, 0.2) is 11.6 Å². The summed E-state index contributed by atoms with van der Waals surface area (Å²) in [5.41, 5.74) is 33.1. The van der Waals surface area contributed by atoms with E-state index in [1.807, 2.05) is 48.5 Å². The van der Waals surface area contributed by atoms with Crippen molar-refractivity contribution < 1.29 is 0 Å². The number of benzene rings is 18. The Kier molecular flexibility index (Phi) is 18.1. The van der Waals surface area contributed by atoms with Gasteiger partial charge in [-0.1, -0.05) is 315 Å². The molecule has 24 aromatic rings. The highest BCUT2D eigenvalue weighted by atomic mass is 15.0. The second-order valence-electron chi connectivity index (χ2n) is 31.7. The molecular formula is C116H76N8. The van der Waals surface area contributed by atoms with E-state index in [9.17, 15) is 0 Å². The summed E-state index contributed by atoms with van der Waals surface area (Å²) in [5.74, 6) is 1.41. The molecule has 0 fully saturated rings. The average molecular weight is 1580 g/mol. The highest BCUT2D eigenvalue weighted by molar-refractivity contribution is 6.16.